The van der Waals surface area contributed by atoms with Crippen molar-refractivity contribution in [2.24, 2.45) is 0 Å². The van der Waals surface area contributed by atoms with Gasteiger partial charge in [0.05, 0.1) is 12.6 Å². The molecule has 19 heavy (non-hydrogen) atoms. The van der Waals surface area contributed by atoms with Gasteiger partial charge >= 0.3 is 0 Å². The Hall–Kier alpha value is -1.40. The fourth-order valence-electron chi connectivity index (χ4n) is 1.33. The molecular formula is C13H17BrN2O3. The summed E-state index contributed by atoms with van der Waals surface area (Å²) in [7, 11) is 0. The lowest BCUT2D eigenvalue weighted by Crippen LogP contribution is -2.39. The smallest absolute Gasteiger partial charge is 0.251 e. The highest BCUT2D eigenvalue weighted by Gasteiger charge is 2.09. The average molecular weight is 329 g/mol. The van der Waals surface area contributed by atoms with Crippen LogP contribution in [0.5, 0.6) is 0 Å². The first-order chi connectivity index (χ1) is 9.02. The molecule has 1 rings (SSSR count). The van der Waals surface area contributed by atoms with Crippen LogP contribution in [-0.2, 0) is 4.79 Å². The summed E-state index contributed by atoms with van der Waals surface area (Å²) in [6, 6.07) is 6.90. The highest BCUT2D eigenvalue weighted by atomic mass is 79.9. The van der Waals surface area contributed by atoms with Gasteiger partial charge in [0.15, 0.2) is 0 Å². The summed E-state index contributed by atoms with van der Waals surface area (Å²) in [5.74, 6) is -0.636. The van der Waals surface area contributed by atoms with Crippen LogP contribution in [0.25, 0.3) is 0 Å². The Bertz CT molecular complexity index is 451. The number of aliphatic hydroxyl groups is 1. The lowest BCUT2D eigenvalue weighted by atomic mass is 10.2. The van der Waals surface area contributed by atoms with Gasteiger partial charge < -0.3 is 15.7 Å². The number of benzene rings is 1. The summed E-state index contributed by atoms with van der Waals surface area (Å²) in [5.41, 5.74) is 0.482. The Balaban J connectivity index is 2.36. The summed E-state index contributed by atoms with van der Waals surface area (Å²) >= 11 is 3.27. The first-order valence-corrected chi connectivity index (χ1v) is 6.80. The van der Waals surface area contributed by atoms with Gasteiger partial charge in [-0.15, -0.1) is 0 Å². The highest BCUT2D eigenvalue weighted by molar-refractivity contribution is 9.10. The van der Waals surface area contributed by atoms with Gasteiger partial charge in [-0.3, -0.25) is 9.59 Å². The number of hydrogen-bond acceptors (Lipinski definition) is 3. The third kappa shape index (κ3) is 5.85. The fourth-order valence-corrected chi connectivity index (χ4v) is 1.73. The molecule has 104 valence electrons. The van der Waals surface area contributed by atoms with E-state index < -0.39 is 6.10 Å². The van der Waals surface area contributed by atoms with Gasteiger partial charge in [0.1, 0.15) is 0 Å². The predicted molar refractivity (Wildman–Crippen MR) is 75.8 cm³/mol. The molecule has 0 aromatic heterocycles. The minimum Gasteiger partial charge on any atom is -0.391 e. The van der Waals surface area contributed by atoms with Crippen LogP contribution in [0.1, 0.15) is 23.7 Å². The van der Waals surface area contributed by atoms with Crippen LogP contribution in [0.4, 0.5) is 0 Å². The average Bonchev–Trinajstić information content (AvgIpc) is 2.41. The van der Waals surface area contributed by atoms with E-state index in [2.05, 4.69) is 26.6 Å². The van der Waals surface area contributed by atoms with E-state index in [1.807, 2.05) is 13.0 Å². The third-order valence-corrected chi connectivity index (χ3v) is 3.00. The number of carbonyl (C=O) groups excluding carboxylic acids is 2. The number of hydrogen-bond donors (Lipinski definition) is 3. The van der Waals surface area contributed by atoms with Gasteiger partial charge in [0.25, 0.3) is 5.91 Å². The minimum atomic E-state index is -0.551. The quantitative estimate of drug-likeness (QED) is 0.730. The van der Waals surface area contributed by atoms with Crippen molar-refractivity contribution in [2.75, 3.05) is 13.1 Å². The maximum Gasteiger partial charge on any atom is 0.251 e. The zero-order valence-corrected chi connectivity index (χ0v) is 12.2. The molecule has 1 aromatic carbocycles. The molecule has 2 amide bonds. The number of carbonyl (C=O) groups is 2. The van der Waals surface area contributed by atoms with E-state index in [0.29, 0.717) is 12.0 Å². The summed E-state index contributed by atoms with van der Waals surface area (Å²) in [6.45, 7) is 1.91. The molecule has 0 radical (unpaired) electrons. The number of aliphatic hydroxyl groups excluding tert-OH is 1. The second-order valence-corrected chi connectivity index (χ2v) is 4.97. The van der Waals surface area contributed by atoms with Gasteiger partial charge in [0, 0.05) is 16.6 Å². The number of nitrogens with one attached hydrogen (secondary N) is 2. The Labute approximate surface area is 120 Å². The molecule has 0 saturated carbocycles. The molecule has 3 N–H and O–H groups in total. The van der Waals surface area contributed by atoms with E-state index in [4.69, 9.17) is 0 Å². The van der Waals surface area contributed by atoms with Crippen molar-refractivity contribution < 1.29 is 14.7 Å². The molecule has 0 fully saturated rings. The Morgan fingerprint density at radius 3 is 2.74 bits per heavy atom. The Morgan fingerprint density at radius 1 is 1.37 bits per heavy atom. The minimum absolute atomic E-state index is 0.109. The van der Waals surface area contributed by atoms with Crippen molar-refractivity contribution >= 4 is 27.7 Å². The summed E-state index contributed by atoms with van der Waals surface area (Å²) < 4.78 is 0.802. The van der Waals surface area contributed by atoms with Gasteiger partial charge in [-0.2, -0.15) is 0 Å². The van der Waals surface area contributed by atoms with Crippen LogP contribution in [0.2, 0.25) is 0 Å². The van der Waals surface area contributed by atoms with E-state index in [1.54, 1.807) is 18.2 Å². The molecule has 5 nitrogen and oxygen atoms in total. The maximum absolute atomic E-state index is 11.7. The van der Waals surface area contributed by atoms with Crippen LogP contribution in [-0.4, -0.2) is 36.1 Å². The molecule has 0 aliphatic heterocycles. The number of amides is 2. The molecule has 6 heteroatoms. The van der Waals surface area contributed by atoms with Crippen molar-refractivity contribution in [1.82, 2.24) is 10.6 Å². The molecule has 0 aliphatic rings. The van der Waals surface area contributed by atoms with Crippen molar-refractivity contribution in [1.29, 1.82) is 0 Å². The van der Waals surface area contributed by atoms with Crippen molar-refractivity contribution in [3.63, 3.8) is 0 Å². The first-order valence-electron chi connectivity index (χ1n) is 6.01. The topological polar surface area (TPSA) is 78.4 Å². The van der Waals surface area contributed by atoms with Crippen molar-refractivity contribution in [2.45, 2.75) is 19.4 Å². The first kappa shape index (κ1) is 15.7. The van der Waals surface area contributed by atoms with Crippen molar-refractivity contribution in [3.8, 4) is 0 Å². The molecular weight excluding hydrogens is 312 g/mol. The number of halogens is 1. The lowest BCUT2D eigenvalue weighted by molar-refractivity contribution is -0.120. The van der Waals surface area contributed by atoms with E-state index >= 15 is 0 Å². The van der Waals surface area contributed by atoms with Crippen LogP contribution < -0.4 is 10.6 Å². The molecule has 1 unspecified atom stereocenters. The zero-order valence-electron chi connectivity index (χ0n) is 10.6. The van der Waals surface area contributed by atoms with Crippen LogP contribution in [0.15, 0.2) is 28.7 Å². The summed E-state index contributed by atoms with van der Waals surface area (Å²) in [5, 5.41) is 14.3. The zero-order chi connectivity index (χ0) is 14.3. The van der Waals surface area contributed by atoms with Gasteiger partial charge in [0.2, 0.25) is 5.91 Å². The van der Waals surface area contributed by atoms with Crippen LogP contribution >= 0.6 is 15.9 Å². The van der Waals surface area contributed by atoms with E-state index in [1.165, 1.54) is 0 Å². The fraction of sp³-hybridized carbons (Fsp3) is 0.385. The van der Waals surface area contributed by atoms with Crippen LogP contribution in [0, 0.1) is 0 Å². The monoisotopic (exact) mass is 328 g/mol. The Kier molecular flexibility index (Phi) is 6.52. The van der Waals surface area contributed by atoms with E-state index in [9.17, 15) is 14.7 Å². The van der Waals surface area contributed by atoms with Gasteiger partial charge in [-0.25, -0.2) is 0 Å². The molecule has 0 aliphatic carbocycles. The third-order valence-electron chi connectivity index (χ3n) is 2.50. The molecule has 0 heterocycles. The van der Waals surface area contributed by atoms with Crippen molar-refractivity contribution in [3.05, 3.63) is 34.3 Å². The molecule has 1 aromatic rings. The van der Waals surface area contributed by atoms with Gasteiger partial charge in [-0.05, 0) is 24.6 Å². The molecule has 1 atom stereocenters. The van der Waals surface area contributed by atoms with Gasteiger partial charge in [-0.1, -0.05) is 28.9 Å². The van der Waals surface area contributed by atoms with E-state index in [0.717, 1.165) is 4.47 Å². The Morgan fingerprint density at radius 2 is 2.11 bits per heavy atom. The molecule has 0 bridgehead atoms. The molecule has 0 spiro atoms. The highest BCUT2D eigenvalue weighted by Crippen LogP contribution is 2.11. The summed E-state index contributed by atoms with van der Waals surface area (Å²) in [4.78, 5) is 23.2. The maximum atomic E-state index is 11.7. The van der Waals surface area contributed by atoms with Crippen LogP contribution in [0.3, 0.4) is 0 Å². The second kappa shape index (κ2) is 7.91. The number of rotatable bonds is 6. The largest absolute Gasteiger partial charge is 0.391 e. The normalized spacial score (nSPS) is 11.7. The lowest BCUT2D eigenvalue weighted by Gasteiger charge is -2.10. The standard InChI is InChI=1S/C13H17BrN2O3/c1-2-11(17)7-15-12(18)8-16-13(19)9-4-3-5-10(14)6-9/h3-6,11,17H,2,7-8H2,1H3,(H,15,18)(H,16,19). The SMILES string of the molecule is CCC(O)CNC(=O)CNC(=O)c1cccc(Br)c1. The predicted octanol–water partition coefficient (Wildman–Crippen LogP) is 1.07. The van der Waals surface area contributed by atoms with E-state index in [-0.39, 0.29) is 24.9 Å². The summed E-state index contributed by atoms with van der Waals surface area (Å²) in [6.07, 6.45) is 0.0229. The molecule has 0 saturated heterocycles. The second-order valence-electron chi connectivity index (χ2n) is 4.06.